The minimum atomic E-state index is -0.551. The van der Waals surface area contributed by atoms with E-state index in [4.69, 9.17) is 4.74 Å². The van der Waals surface area contributed by atoms with E-state index in [2.05, 4.69) is 4.98 Å². The first-order valence-corrected chi connectivity index (χ1v) is 7.97. The van der Waals surface area contributed by atoms with Gasteiger partial charge in [0.25, 0.3) is 5.91 Å². The number of nitrogens with zero attached hydrogens (tertiary/aromatic N) is 3. The minimum Gasteiger partial charge on any atom is -0.452 e. The van der Waals surface area contributed by atoms with E-state index in [9.17, 15) is 9.59 Å². The number of aryl methyl sites for hydroxylation is 1. The molecule has 132 valence electrons. The van der Waals surface area contributed by atoms with Crippen LogP contribution in [0.3, 0.4) is 0 Å². The molecule has 0 atom stereocenters. The molecule has 0 bridgehead atoms. The summed E-state index contributed by atoms with van der Waals surface area (Å²) in [6.45, 7) is 1.99. The summed E-state index contributed by atoms with van der Waals surface area (Å²) in [6.07, 6.45) is 1.44. The number of pyridine rings is 1. The maximum Gasteiger partial charge on any atom is 0.340 e. The molecule has 0 fully saturated rings. The van der Waals surface area contributed by atoms with Gasteiger partial charge in [-0.15, -0.1) is 0 Å². The van der Waals surface area contributed by atoms with Gasteiger partial charge in [-0.25, -0.2) is 4.79 Å². The highest BCUT2D eigenvalue weighted by atomic mass is 16.5. The molecule has 0 aliphatic heterocycles. The molecule has 25 heavy (non-hydrogen) atoms. The number of hydrogen-bond donors (Lipinski definition) is 0. The molecule has 2 aromatic rings. The van der Waals surface area contributed by atoms with Crippen LogP contribution in [-0.2, 0) is 16.1 Å². The number of carbonyl (C=O) groups is 2. The lowest BCUT2D eigenvalue weighted by molar-refractivity contribution is -0.133. The molecule has 6 nitrogen and oxygen atoms in total. The average Bonchev–Trinajstić information content (AvgIpc) is 2.60. The van der Waals surface area contributed by atoms with Crippen LogP contribution in [0.15, 0.2) is 42.6 Å². The molecule has 2 rings (SSSR count). The average molecular weight is 341 g/mol. The number of benzene rings is 1. The fourth-order valence-corrected chi connectivity index (χ4v) is 2.17. The first-order chi connectivity index (χ1) is 11.9. The lowest BCUT2D eigenvalue weighted by atomic mass is 10.2. The molecule has 6 heteroatoms. The zero-order valence-electron chi connectivity index (χ0n) is 15.0. The predicted molar refractivity (Wildman–Crippen MR) is 96.5 cm³/mol. The third-order valence-corrected chi connectivity index (χ3v) is 3.77. The number of amides is 1. The zero-order valence-corrected chi connectivity index (χ0v) is 15.0. The van der Waals surface area contributed by atoms with Gasteiger partial charge in [0.2, 0.25) is 0 Å². The quantitative estimate of drug-likeness (QED) is 0.754. The zero-order chi connectivity index (χ0) is 18.4. The van der Waals surface area contributed by atoms with Crippen molar-refractivity contribution in [1.29, 1.82) is 0 Å². The summed E-state index contributed by atoms with van der Waals surface area (Å²) >= 11 is 0. The second-order valence-electron chi connectivity index (χ2n) is 6.08. The van der Waals surface area contributed by atoms with Crippen LogP contribution >= 0.6 is 0 Å². The van der Waals surface area contributed by atoms with Gasteiger partial charge in [0.05, 0.1) is 5.56 Å². The second-order valence-corrected chi connectivity index (χ2v) is 6.08. The van der Waals surface area contributed by atoms with E-state index in [1.165, 1.54) is 11.1 Å². The molecule has 0 radical (unpaired) electrons. The van der Waals surface area contributed by atoms with Crippen molar-refractivity contribution in [3.8, 4) is 0 Å². The van der Waals surface area contributed by atoms with E-state index in [0.717, 1.165) is 16.9 Å². The molecule has 1 heterocycles. The molecular formula is C19H23N3O3. The van der Waals surface area contributed by atoms with E-state index in [1.807, 2.05) is 50.2 Å². The Bertz CT molecular complexity index is 725. The number of anilines is 1. The molecule has 0 spiro atoms. The van der Waals surface area contributed by atoms with Crippen LogP contribution in [0.2, 0.25) is 0 Å². The van der Waals surface area contributed by atoms with E-state index >= 15 is 0 Å². The highest BCUT2D eigenvalue weighted by Crippen LogP contribution is 2.13. The van der Waals surface area contributed by atoms with Gasteiger partial charge in [0.1, 0.15) is 0 Å². The highest BCUT2D eigenvalue weighted by Gasteiger charge is 2.14. The Morgan fingerprint density at radius 1 is 1.04 bits per heavy atom. The molecule has 0 unspecified atom stereocenters. The van der Waals surface area contributed by atoms with Gasteiger partial charge < -0.3 is 14.5 Å². The van der Waals surface area contributed by atoms with Gasteiger partial charge in [0.15, 0.2) is 6.61 Å². The Kier molecular flexibility index (Phi) is 6.11. The number of ether oxygens (including phenoxy) is 1. The maximum absolute atomic E-state index is 12.1. The SMILES string of the molecule is Cc1ccc(C(=O)OCC(=O)N(C)Cc2ccc(N(C)C)cc2)cn1. The molecule has 0 saturated carbocycles. The second kappa shape index (κ2) is 8.28. The van der Waals surface area contributed by atoms with E-state index in [-0.39, 0.29) is 12.5 Å². The van der Waals surface area contributed by atoms with Crippen LogP contribution < -0.4 is 4.90 Å². The summed E-state index contributed by atoms with van der Waals surface area (Å²) in [7, 11) is 5.63. The monoisotopic (exact) mass is 341 g/mol. The van der Waals surface area contributed by atoms with E-state index in [0.29, 0.717) is 12.1 Å². The fourth-order valence-electron chi connectivity index (χ4n) is 2.17. The van der Waals surface area contributed by atoms with Gasteiger partial charge in [-0.1, -0.05) is 12.1 Å². The molecule has 1 aromatic heterocycles. The smallest absolute Gasteiger partial charge is 0.340 e. The molecule has 0 aliphatic carbocycles. The maximum atomic E-state index is 12.1. The third kappa shape index (κ3) is 5.31. The van der Waals surface area contributed by atoms with Crippen molar-refractivity contribution in [1.82, 2.24) is 9.88 Å². The Hall–Kier alpha value is -2.89. The fraction of sp³-hybridized carbons (Fsp3) is 0.316. The van der Waals surface area contributed by atoms with Crippen LogP contribution in [0, 0.1) is 6.92 Å². The van der Waals surface area contributed by atoms with Crippen LogP contribution in [0.1, 0.15) is 21.6 Å². The number of likely N-dealkylation sites (N-methyl/N-ethyl adjacent to an activating group) is 1. The van der Waals surface area contributed by atoms with Crippen molar-refractivity contribution in [3.05, 3.63) is 59.4 Å². The van der Waals surface area contributed by atoms with Crippen molar-refractivity contribution in [2.24, 2.45) is 0 Å². The molecule has 0 aliphatic rings. The number of rotatable bonds is 6. The predicted octanol–water partition coefficient (Wildman–Crippen LogP) is 2.27. The van der Waals surface area contributed by atoms with Crippen molar-refractivity contribution >= 4 is 17.6 Å². The van der Waals surface area contributed by atoms with Gasteiger partial charge in [-0.3, -0.25) is 9.78 Å². The highest BCUT2D eigenvalue weighted by molar-refractivity contribution is 5.90. The van der Waals surface area contributed by atoms with Crippen molar-refractivity contribution in [2.45, 2.75) is 13.5 Å². The number of esters is 1. The number of hydrogen-bond acceptors (Lipinski definition) is 5. The number of carbonyl (C=O) groups excluding carboxylic acids is 2. The van der Waals surface area contributed by atoms with Crippen LogP contribution in [0.4, 0.5) is 5.69 Å². The minimum absolute atomic E-state index is 0.259. The van der Waals surface area contributed by atoms with Crippen molar-refractivity contribution < 1.29 is 14.3 Å². The molecule has 0 N–H and O–H groups in total. The van der Waals surface area contributed by atoms with Crippen LogP contribution in [0.5, 0.6) is 0 Å². The van der Waals surface area contributed by atoms with Crippen LogP contribution in [0.25, 0.3) is 0 Å². The van der Waals surface area contributed by atoms with E-state index < -0.39 is 5.97 Å². The Balaban J connectivity index is 1.85. The summed E-state index contributed by atoms with van der Waals surface area (Å²) in [4.78, 5) is 31.6. The largest absolute Gasteiger partial charge is 0.452 e. The molecular weight excluding hydrogens is 318 g/mol. The third-order valence-electron chi connectivity index (χ3n) is 3.77. The topological polar surface area (TPSA) is 62.7 Å². The molecule has 1 aromatic carbocycles. The summed E-state index contributed by atoms with van der Waals surface area (Å²) in [5.74, 6) is -0.810. The van der Waals surface area contributed by atoms with Crippen molar-refractivity contribution in [2.75, 3.05) is 32.6 Å². The van der Waals surface area contributed by atoms with Gasteiger partial charge >= 0.3 is 5.97 Å². The first-order valence-electron chi connectivity index (χ1n) is 7.97. The standard InChI is InChI=1S/C19H23N3O3/c1-14-5-8-16(11-20-14)19(24)25-13-18(23)22(4)12-15-6-9-17(10-7-15)21(2)3/h5-11H,12-13H2,1-4H3. The Labute approximate surface area is 148 Å². The summed E-state index contributed by atoms with van der Waals surface area (Å²) < 4.78 is 5.06. The lowest BCUT2D eigenvalue weighted by Crippen LogP contribution is -2.30. The molecule has 0 saturated heterocycles. The van der Waals surface area contributed by atoms with Gasteiger partial charge in [-0.2, -0.15) is 0 Å². The first kappa shape index (κ1) is 18.4. The summed E-state index contributed by atoms with van der Waals surface area (Å²) in [6, 6.07) is 11.3. The Morgan fingerprint density at radius 3 is 2.28 bits per heavy atom. The normalized spacial score (nSPS) is 10.2. The number of aromatic nitrogens is 1. The summed E-state index contributed by atoms with van der Waals surface area (Å²) in [5, 5.41) is 0. The van der Waals surface area contributed by atoms with Crippen molar-refractivity contribution in [3.63, 3.8) is 0 Å². The molecule has 1 amide bonds. The van der Waals surface area contributed by atoms with Gasteiger partial charge in [0, 0.05) is 45.3 Å². The van der Waals surface area contributed by atoms with Crippen LogP contribution in [-0.4, -0.2) is 49.5 Å². The van der Waals surface area contributed by atoms with Gasteiger partial charge in [-0.05, 0) is 36.8 Å². The Morgan fingerprint density at radius 2 is 1.72 bits per heavy atom. The van der Waals surface area contributed by atoms with E-state index in [1.54, 1.807) is 19.2 Å². The summed E-state index contributed by atoms with van der Waals surface area (Å²) in [5.41, 5.74) is 3.25. The lowest BCUT2D eigenvalue weighted by Gasteiger charge is -2.18.